The van der Waals surface area contributed by atoms with Crippen LogP contribution in [0.5, 0.6) is 0 Å². The van der Waals surface area contributed by atoms with Crippen molar-refractivity contribution in [2.75, 3.05) is 26.8 Å². The van der Waals surface area contributed by atoms with Gasteiger partial charge in [-0.1, -0.05) is 89.5 Å². The summed E-state index contributed by atoms with van der Waals surface area (Å²) in [4.78, 5) is 84.9. The number of fused-ring (bicyclic) bond motifs is 3. The molecule has 5 atom stereocenters. The Morgan fingerprint density at radius 3 is 1.26 bits per heavy atom. The zero-order chi connectivity index (χ0) is 75.1. The number of Topliss-reactive ketones (excluding diaryl/α,β-unsaturated/α-hetero) is 3. The molecule has 32 heteroatoms. The van der Waals surface area contributed by atoms with Crippen molar-refractivity contribution < 1.29 is 106 Å². The van der Waals surface area contributed by atoms with Gasteiger partial charge in [-0.15, -0.1) is 34.0 Å². The van der Waals surface area contributed by atoms with E-state index in [2.05, 4.69) is 4.74 Å². The topological polar surface area (TPSA) is 242 Å². The van der Waals surface area contributed by atoms with Crippen LogP contribution in [0.4, 0.5) is 31.1 Å². The van der Waals surface area contributed by atoms with Gasteiger partial charge in [0.05, 0.1) is 24.7 Å². The number of benzene rings is 6. The van der Waals surface area contributed by atoms with E-state index in [0.29, 0.717) is 54.5 Å². The molecule has 1 saturated heterocycles. The first kappa shape index (κ1) is 81.7. The molecule has 0 aliphatic carbocycles. The van der Waals surface area contributed by atoms with Gasteiger partial charge in [0, 0.05) is 48.4 Å². The van der Waals surface area contributed by atoms with Gasteiger partial charge in [0.1, 0.15) is 17.0 Å². The minimum Gasteiger partial charge on any atom is -0.438 e. The quantitative estimate of drug-likeness (QED) is 0.0234. The van der Waals surface area contributed by atoms with Crippen LogP contribution in [0.2, 0.25) is 15.1 Å². The van der Waals surface area contributed by atoms with Crippen molar-refractivity contribution in [1.82, 2.24) is 0 Å². The fourth-order valence-corrected chi connectivity index (χ4v) is 18.6. The Kier molecular flexibility index (Phi) is 28.9. The monoisotopic (exact) mass is 1600 g/mol. The summed E-state index contributed by atoms with van der Waals surface area (Å²) in [5.41, 5.74) is -3.16. The second-order valence-electron chi connectivity index (χ2n) is 23.9. The number of carbonyl (C=O) groups is 5. The lowest BCUT2D eigenvalue weighted by Crippen LogP contribution is -2.24. The van der Waals surface area contributed by atoms with Gasteiger partial charge < -0.3 is 33.0 Å². The van der Waals surface area contributed by atoms with Crippen LogP contribution in [0.25, 0.3) is 48.5 Å². The van der Waals surface area contributed by atoms with Crippen molar-refractivity contribution in [3.8, 4) is 0 Å². The summed E-state index contributed by atoms with van der Waals surface area (Å²) >= 11 is 22.3. The van der Waals surface area contributed by atoms with Crippen LogP contribution in [0, 0.1) is 40.3 Å². The van der Waals surface area contributed by atoms with E-state index in [-0.39, 0.29) is 49.4 Å². The molecular formula is C71H64Cl3F6O17P3S3. The van der Waals surface area contributed by atoms with Crippen molar-refractivity contribution in [3.63, 3.8) is 0 Å². The number of carbonyl (C=O) groups excluding carboxylic acids is 5. The van der Waals surface area contributed by atoms with E-state index in [0.717, 1.165) is 55.9 Å². The SMILES string of the molecule is CC(C)(C)C(=O)OCOP(=O)(O)C(C(=O)C/C=C/c1ccc(F)c(F)c1)c1csc2ccc(Cl)cc12.CC(C)OC(=O)OCOP(=O)(O)C(C(=O)C/C=C/c1ccc(F)c(F)c1)c1csc2ccc(Cl)cc12.O=C(C/C=C/c1ccc(F)c(F)c1)C(c1csc2ccc(Cl)cc12)P1(=O)OCCCO1. The third-order valence-electron chi connectivity index (χ3n) is 14.8. The summed E-state index contributed by atoms with van der Waals surface area (Å²) in [6.07, 6.45) is 6.86. The molecule has 0 saturated carbocycles. The number of ketones is 3. The Balaban J connectivity index is 0.000000196. The fraction of sp³-hybridized carbons (Fsp3) is 0.254. The first-order valence-electron chi connectivity index (χ1n) is 30.9. The van der Waals surface area contributed by atoms with E-state index in [1.807, 2.05) is 6.07 Å². The number of halogens is 9. The molecule has 0 bridgehead atoms. The highest BCUT2D eigenvalue weighted by Crippen LogP contribution is 2.65. The van der Waals surface area contributed by atoms with Crippen LogP contribution in [0.1, 0.15) is 111 Å². The van der Waals surface area contributed by atoms with Crippen LogP contribution in [-0.4, -0.2) is 72.2 Å². The molecule has 103 heavy (non-hydrogen) atoms. The lowest BCUT2D eigenvalue weighted by atomic mass is 9.98. The molecule has 546 valence electrons. The average Bonchev–Trinajstić information content (AvgIpc) is 1.70. The van der Waals surface area contributed by atoms with E-state index >= 15 is 0 Å². The number of allylic oxidation sites excluding steroid dienone is 3. The molecule has 3 aromatic heterocycles. The Hall–Kier alpha value is -6.93. The zero-order valence-electron chi connectivity index (χ0n) is 55.0. The summed E-state index contributed by atoms with van der Waals surface area (Å²) in [5, 5.41) is 7.89. The van der Waals surface area contributed by atoms with Gasteiger partial charge in [-0.25, -0.2) is 31.1 Å². The lowest BCUT2D eigenvalue weighted by Gasteiger charge is -2.29. The van der Waals surface area contributed by atoms with Crippen molar-refractivity contribution >= 4 is 170 Å². The highest BCUT2D eigenvalue weighted by Gasteiger charge is 2.46. The number of esters is 1. The summed E-state index contributed by atoms with van der Waals surface area (Å²) in [5.74, 6) is -8.38. The average molecular weight is 1600 g/mol. The van der Waals surface area contributed by atoms with Crippen molar-refractivity contribution in [2.45, 2.75) is 83.4 Å². The molecule has 0 radical (unpaired) electrons. The van der Waals surface area contributed by atoms with Crippen LogP contribution in [0.3, 0.4) is 0 Å². The Labute approximate surface area is 614 Å². The molecule has 1 fully saturated rings. The first-order chi connectivity index (χ1) is 48.6. The van der Waals surface area contributed by atoms with Gasteiger partial charge in [0.2, 0.25) is 13.6 Å². The molecule has 2 N–H and O–H groups in total. The van der Waals surface area contributed by atoms with Gasteiger partial charge in [-0.05, 0) is 198 Å². The van der Waals surface area contributed by atoms with Crippen molar-refractivity contribution in [3.05, 3.63) is 227 Å². The molecule has 4 heterocycles. The van der Waals surface area contributed by atoms with E-state index in [1.54, 1.807) is 99.3 Å². The largest absolute Gasteiger partial charge is 0.510 e. The van der Waals surface area contributed by atoms with Crippen LogP contribution in [0.15, 0.2) is 144 Å². The van der Waals surface area contributed by atoms with Gasteiger partial charge in [0.15, 0.2) is 52.3 Å². The molecule has 0 spiro atoms. The minimum absolute atomic E-state index is 0.0850. The third kappa shape index (κ3) is 22.3. The van der Waals surface area contributed by atoms with Gasteiger partial charge in [0.25, 0.3) is 0 Å². The molecule has 9 aromatic rings. The summed E-state index contributed by atoms with van der Waals surface area (Å²) in [6, 6.07) is 25.1. The molecule has 10 rings (SSSR count). The zero-order valence-corrected chi connectivity index (χ0v) is 62.4. The maximum atomic E-state index is 13.5. The summed E-state index contributed by atoms with van der Waals surface area (Å²) in [6.45, 7) is 6.77. The van der Waals surface area contributed by atoms with Crippen LogP contribution in [-0.2, 0) is 65.2 Å². The molecule has 1 aliphatic rings. The number of ether oxygens (including phenoxy) is 3. The maximum absolute atomic E-state index is 13.5. The van der Waals surface area contributed by atoms with Crippen LogP contribution < -0.4 is 0 Å². The van der Waals surface area contributed by atoms with E-state index < -0.39 is 123 Å². The van der Waals surface area contributed by atoms with Gasteiger partial charge >= 0.3 is 34.9 Å². The van der Waals surface area contributed by atoms with E-state index in [4.69, 9.17) is 62.4 Å². The Bertz CT molecular complexity index is 4850. The smallest absolute Gasteiger partial charge is 0.438 e. The second kappa shape index (κ2) is 36.4. The highest BCUT2D eigenvalue weighted by molar-refractivity contribution is 7.55. The molecule has 5 unspecified atom stereocenters. The van der Waals surface area contributed by atoms with Gasteiger partial charge in [-0.2, -0.15) is 0 Å². The van der Waals surface area contributed by atoms with Crippen LogP contribution >= 0.6 is 91.6 Å². The predicted molar refractivity (Wildman–Crippen MR) is 388 cm³/mol. The normalized spacial score (nSPS) is 15.3. The van der Waals surface area contributed by atoms with Crippen molar-refractivity contribution in [1.29, 1.82) is 0 Å². The molecule has 0 amide bonds. The predicted octanol–water partition coefficient (Wildman–Crippen LogP) is 21.7. The Morgan fingerprint density at radius 2 is 0.893 bits per heavy atom. The Morgan fingerprint density at radius 1 is 0.534 bits per heavy atom. The standard InChI is InChI=1S/C25H24ClF2O6PS.C24H22ClF2O7PS.C22H18ClF2O4PS/c1-25(2,3)24(30)33-14-34-35(31,32)23(18-13-36-22-10-8-16(26)12-17(18)22)21(29)6-4-5-15-7-9-19(27)20(28)11-15;1-14(2)34-24(29)32-13-33-35(30,31)23(18-12-36-22-9-7-16(25)11-17(18)22)21(28)5-3-4-15-6-8-19(26)20(27)10-15;23-15-6-8-21-16(12-15)17(13-31-21)22(30(27)28-9-2-10-29-30)20(26)4-1-3-14-5-7-18(24)19(25)11-14/h4-5,7-13,23H,6,14H2,1-3H3,(H,31,32);3-4,6-12,14,23H,5,13H2,1-2H3,(H,30,31);1,3,5-8,11-13,22H,2,4,9-10H2/b5-4+;4-3+;3-1+. The summed E-state index contributed by atoms with van der Waals surface area (Å²) < 4.78 is 158. The van der Waals surface area contributed by atoms with E-state index in [9.17, 15) is 73.8 Å². The van der Waals surface area contributed by atoms with E-state index in [1.165, 1.54) is 88.7 Å². The molecule has 6 aromatic carbocycles. The molecule has 17 nitrogen and oxygen atoms in total. The highest BCUT2D eigenvalue weighted by atomic mass is 35.5. The second-order valence-corrected chi connectivity index (χ2v) is 33.8. The number of thiophene rings is 3. The minimum atomic E-state index is -4.75. The first-order valence-corrected chi connectivity index (χ1v) is 39.6. The molecule has 1 aliphatic heterocycles. The van der Waals surface area contributed by atoms with Gasteiger partial charge in [-0.3, -0.25) is 41.9 Å². The molecular weight excluding hydrogens is 1530 g/mol. The summed E-state index contributed by atoms with van der Waals surface area (Å²) in [7, 11) is -13.2. The fourth-order valence-electron chi connectivity index (χ4n) is 9.92. The number of hydrogen-bond acceptors (Lipinski definition) is 18. The lowest BCUT2D eigenvalue weighted by molar-refractivity contribution is -0.160. The third-order valence-corrected chi connectivity index (χ3v) is 24.1. The number of hydrogen-bond donors (Lipinski definition) is 2. The number of rotatable bonds is 25. The maximum Gasteiger partial charge on any atom is 0.510 e. The van der Waals surface area contributed by atoms with Crippen molar-refractivity contribution in [2.24, 2.45) is 5.41 Å².